The van der Waals surface area contributed by atoms with Gasteiger partial charge < -0.3 is 10.1 Å². The maximum Gasteiger partial charge on any atom is 0.338 e. The molecule has 3 aromatic carbocycles. The Hall–Kier alpha value is -4.76. The van der Waals surface area contributed by atoms with Crippen molar-refractivity contribution in [3.05, 3.63) is 94.0 Å². The van der Waals surface area contributed by atoms with Crippen molar-refractivity contribution >= 4 is 39.0 Å². The molecule has 3 rings (SSSR count). The first kappa shape index (κ1) is 24.9. The molecule has 0 fully saturated rings. The Morgan fingerprint density at radius 1 is 1.09 bits per heavy atom. The van der Waals surface area contributed by atoms with Crippen LogP contribution in [-0.2, 0) is 19.6 Å². The highest BCUT2D eigenvalue weighted by molar-refractivity contribution is 7.92. The molecule has 35 heavy (non-hydrogen) atoms. The predicted molar refractivity (Wildman–Crippen MR) is 125 cm³/mol. The first-order valence-electron chi connectivity index (χ1n) is 9.93. The molecule has 11 nitrogen and oxygen atoms in total. The smallest absolute Gasteiger partial charge is 0.338 e. The summed E-state index contributed by atoms with van der Waals surface area (Å²) in [7, 11) is -2.45. The Morgan fingerprint density at radius 2 is 1.74 bits per heavy atom. The molecule has 0 aliphatic carbocycles. The first-order valence-corrected chi connectivity index (χ1v) is 11.4. The second-order valence-corrected chi connectivity index (χ2v) is 9.02. The van der Waals surface area contributed by atoms with Gasteiger partial charge in [0.1, 0.15) is 6.07 Å². The summed E-state index contributed by atoms with van der Waals surface area (Å²) in [6.45, 7) is -0.697. The molecule has 0 spiro atoms. The number of esters is 1. The lowest BCUT2D eigenvalue weighted by Crippen LogP contribution is -2.26. The minimum atomic E-state index is -3.86. The van der Waals surface area contributed by atoms with Crippen LogP contribution < -0.4 is 9.62 Å². The van der Waals surface area contributed by atoms with E-state index in [1.807, 2.05) is 0 Å². The Balaban J connectivity index is 1.62. The van der Waals surface area contributed by atoms with E-state index in [-0.39, 0.29) is 27.4 Å². The fraction of sp³-hybridized carbons (Fsp3) is 0.0870. The molecular formula is C23H18N4O7S. The fourth-order valence-electron chi connectivity index (χ4n) is 2.95. The zero-order valence-corrected chi connectivity index (χ0v) is 19.1. The number of anilines is 2. The second-order valence-electron chi connectivity index (χ2n) is 7.06. The molecule has 0 atom stereocenters. The minimum Gasteiger partial charge on any atom is -0.452 e. The van der Waals surface area contributed by atoms with Crippen LogP contribution in [-0.4, -0.2) is 38.9 Å². The first-order chi connectivity index (χ1) is 16.6. The lowest BCUT2D eigenvalue weighted by molar-refractivity contribution is -0.384. The van der Waals surface area contributed by atoms with Crippen molar-refractivity contribution in [2.24, 2.45) is 0 Å². The number of nitro groups is 1. The highest BCUT2D eigenvalue weighted by Gasteiger charge is 2.22. The molecule has 178 valence electrons. The van der Waals surface area contributed by atoms with Gasteiger partial charge in [-0.15, -0.1) is 0 Å². The van der Waals surface area contributed by atoms with Crippen molar-refractivity contribution in [1.29, 1.82) is 5.26 Å². The number of hydrogen-bond acceptors (Lipinski definition) is 8. The number of amides is 1. The van der Waals surface area contributed by atoms with Crippen LogP contribution in [0.2, 0.25) is 0 Å². The molecule has 0 aliphatic rings. The molecule has 0 saturated carbocycles. The Labute approximate surface area is 200 Å². The van der Waals surface area contributed by atoms with Crippen LogP contribution in [0, 0.1) is 21.4 Å². The number of benzene rings is 3. The van der Waals surface area contributed by atoms with Gasteiger partial charge in [-0.05, 0) is 42.5 Å². The van der Waals surface area contributed by atoms with Gasteiger partial charge in [0.25, 0.3) is 21.6 Å². The number of hydrogen-bond donors (Lipinski definition) is 1. The van der Waals surface area contributed by atoms with E-state index in [0.717, 1.165) is 16.4 Å². The monoisotopic (exact) mass is 494 g/mol. The van der Waals surface area contributed by atoms with Gasteiger partial charge in [-0.2, -0.15) is 5.26 Å². The van der Waals surface area contributed by atoms with E-state index in [1.54, 1.807) is 36.4 Å². The summed E-state index contributed by atoms with van der Waals surface area (Å²) in [5, 5.41) is 22.3. The number of para-hydroxylation sites is 1. The summed E-state index contributed by atoms with van der Waals surface area (Å²) in [5.41, 5.74) is 0.0699. The number of rotatable bonds is 8. The van der Waals surface area contributed by atoms with Gasteiger partial charge in [0.05, 0.1) is 32.3 Å². The minimum absolute atomic E-state index is 0.0205. The molecule has 0 bridgehead atoms. The highest BCUT2D eigenvalue weighted by atomic mass is 32.2. The van der Waals surface area contributed by atoms with Crippen LogP contribution in [0.1, 0.15) is 15.9 Å². The number of ether oxygens (including phenoxy) is 1. The Kier molecular flexibility index (Phi) is 7.43. The highest BCUT2D eigenvalue weighted by Crippen LogP contribution is 2.23. The summed E-state index contributed by atoms with van der Waals surface area (Å²) in [6, 6.07) is 18.6. The number of nitrogens with zero attached hydrogens (tertiary/aromatic N) is 3. The molecule has 12 heteroatoms. The molecule has 0 aliphatic heterocycles. The van der Waals surface area contributed by atoms with E-state index in [0.29, 0.717) is 5.69 Å². The molecule has 0 heterocycles. The maximum atomic E-state index is 12.8. The van der Waals surface area contributed by atoms with Crippen molar-refractivity contribution < 1.29 is 27.7 Å². The van der Waals surface area contributed by atoms with Crippen molar-refractivity contribution in [2.45, 2.75) is 4.90 Å². The lowest BCUT2D eigenvalue weighted by Gasteiger charge is -2.19. The molecule has 1 N–H and O–H groups in total. The number of nitrogens with one attached hydrogen (secondary N) is 1. The van der Waals surface area contributed by atoms with Gasteiger partial charge >= 0.3 is 5.97 Å². The quantitative estimate of drug-likeness (QED) is 0.284. The summed E-state index contributed by atoms with van der Waals surface area (Å²) in [4.78, 5) is 34.5. The van der Waals surface area contributed by atoms with Gasteiger partial charge in [0.15, 0.2) is 6.61 Å². The number of nitriles is 1. The molecule has 0 aromatic heterocycles. The number of carbonyl (C=O) groups excluding carboxylic acids is 2. The van der Waals surface area contributed by atoms with Crippen LogP contribution in [0.3, 0.4) is 0 Å². The van der Waals surface area contributed by atoms with E-state index in [4.69, 9.17) is 10.00 Å². The molecule has 0 radical (unpaired) electrons. The van der Waals surface area contributed by atoms with Crippen LogP contribution >= 0.6 is 0 Å². The van der Waals surface area contributed by atoms with E-state index in [2.05, 4.69) is 5.32 Å². The van der Waals surface area contributed by atoms with E-state index >= 15 is 0 Å². The van der Waals surface area contributed by atoms with Crippen molar-refractivity contribution in [1.82, 2.24) is 0 Å². The van der Waals surface area contributed by atoms with E-state index in [9.17, 15) is 28.1 Å². The third kappa shape index (κ3) is 5.79. The lowest BCUT2D eigenvalue weighted by atomic mass is 10.1. The summed E-state index contributed by atoms with van der Waals surface area (Å²) in [6.07, 6.45) is 0. The topological polar surface area (TPSA) is 160 Å². The molecule has 0 unspecified atom stereocenters. The number of carbonyl (C=O) groups is 2. The van der Waals surface area contributed by atoms with E-state index < -0.39 is 33.4 Å². The number of nitro benzene ring substituents is 1. The number of non-ortho nitro benzene ring substituents is 1. The zero-order valence-electron chi connectivity index (χ0n) is 18.2. The van der Waals surface area contributed by atoms with Gasteiger partial charge in [0.2, 0.25) is 0 Å². The van der Waals surface area contributed by atoms with Crippen molar-refractivity contribution in [3.8, 4) is 6.07 Å². The fourth-order valence-corrected chi connectivity index (χ4v) is 4.14. The Morgan fingerprint density at radius 3 is 2.34 bits per heavy atom. The summed E-state index contributed by atoms with van der Waals surface area (Å²) < 4.78 is 31.7. The van der Waals surface area contributed by atoms with E-state index in [1.165, 1.54) is 37.4 Å². The maximum absolute atomic E-state index is 12.8. The van der Waals surface area contributed by atoms with Crippen LogP contribution in [0.15, 0.2) is 77.7 Å². The van der Waals surface area contributed by atoms with Gasteiger partial charge in [-0.3, -0.25) is 19.2 Å². The third-order valence-corrected chi connectivity index (χ3v) is 6.61. The average Bonchev–Trinajstić information content (AvgIpc) is 2.87. The van der Waals surface area contributed by atoms with Gasteiger partial charge in [0, 0.05) is 19.2 Å². The second kappa shape index (κ2) is 10.4. The summed E-state index contributed by atoms with van der Waals surface area (Å²) >= 11 is 0. The zero-order chi connectivity index (χ0) is 25.6. The van der Waals surface area contributed by atoms with Crippen molar-refractivity contribution in [2.75, 3.05) is 23.3 Å². The Bertz CT molecular complexity index is 1420. The molecule has 1 amide bonds. The van der Waals surface area contributed by atoms with Crippen molar-refractivity contribution in [3.63, 3.8) is 0 Å². The average molecular weight is 494 g/mol. The molecule has 3 aromatic rings. The molecule has 0 saturated heterocycles. The van der Waals surface area contributed by atoms with Crippen LogP contribution in [0.4, 0.5) is 17.1 Å². The molecular weight excluding hydrogens is 476 g/mol. The SMILES string of the molecule is CN(c1ccccc1)S(=O)(=O)c1ccc(C(=O)OCC(=O)Nc2ccc([N+](=O)[O-])cc2C#N)cc1. The van der Waals surface area contributed by atoms with Gasteiger partial charge in [-0.25, -0.2) is 13.2 Å². The third-order valence-electron chi connectivity index (χ3n) is 4.81. The predicted octanol–water partition coefficient (Wildman–Crippen LogP) is 3.09. The standard InChI is InChI=1S/C23H18N4O7S/c1-26(18-5-3-2-4-6-18)35(32,33)20-10-7-16(8-11-20)23(29)34-15-22(28)25-21-12-9-19(27(30)31)13-17(21)14-24/h2-13H,15H2,1H3,(H,25,28). The van der Waals surface area contributed by atoms with Crippen LogP contribution in [0.25, 0.3) is 0 Å². The summed E-state index contributed by atoms with van der Waals surface area (Å²) in [5.74, 6) is -1.64. The normalized spacial score (nSPS) is 10.6. The number of sulfonamides is 1. The van der Waals surface area contributed by atoms with Gasteiger partial charge in [-0.1, -0.05) is 18.2 Å². The largest absolute Gasteiger partial charge is 0.452 e. The van der Waals surface area contributed by atoms with Crippen LogP contribution in [0.5, 0.6) is 0 Å².